The van der Waals surface area contributed by atoms with Crippen molar-refractivity contribution in [3.63, 3.8) is 0 Å². The van der Waals surface area contributed by atoms with Crippen molar-refractivity contribution in [3.05, 3.63) is 28.3 Å². The maximum absolute atomic E-state index is 13.0. The summed E-state index contributed by atoms with van der Waals surface area (Å²) in [6, 6.07) is 0.907. The van der Waals surface area contributed by atoms with Crippen molar-refractivity contribution < 1.29 is 13.2 Å². The third-order valence-corrected chi connectivity index (χ3v) is 2.17. The Morgan fingerprint density at radius 2 is 2.15 bits per heavy atom. The van der Waals surface area contributed by atoms with Gasteiger partial charge in [-0.05, 0) is 0 Å². The monoisotopic (exact) mass is 273 g/mol. The molecular formula is C7H4BrClF3N. The average molecular weight is 274 g/mol. The molecule has 0 aliphatic heterocycles. The minimum absolute atomic E-state index is 0.0112. The molecule has 1 nitrogen and oxygen atoms in total. The van der Waals surface area contributed by atoms with Gasteiger partial charge in [-0.2, -0.15) is 0 Å². The van der Waals surface area contributed by atoms with Crippen LogP contribution in [0.25, 0.3) is 0 Å². The molecule has 0 atom stereocenters. The van der Waals surface area contributed by atoms with Crippen LogP contribution in [0.4, 0.5) is 13.2 Å². The molecule has 13 heavy (non-hydrogen) atoms. The number of nitrogens with zero attached hydrogens (tertiary/aromatic N) is 1. The summed E-state index contributed by atoms with van der Waals surface area (Å²) in [5, 5.41) is -0.277. The molecule has 0 saturated heterocycles. The van der Waals surface area contributed by atoms with Gasteiger partial charge in [0.15, 0.2) is 0 Å². The summed E-state index contributed by atoms with van der Waals surface area (Å²) >= 11 is 8.22. The zero-order valence-electron chi connectivity index (χ0n) is 6.20. The van der Waals surface area contributed by atoms with Crippen molar-refractivity contribution in [3.8, 4) is 0 Å². The van der Waals surface area contributed by atoms with Crippen LogP contribution in [-0.2, 0) is 5.33 Å². The number of rotatable bonds is 2. The van der Waals surface area contributed by atoms with E-state index < -0.39 is 17.9 Å². The summed E-state index contributed by atoms with van der Waals surface area (Å²) in [5.74, 6) is -0.771. The molecular weight excluding hydrogens is 270 g/mol. The quantitative estimate of drug-likeness (QED) is 0.592. The highest BCUT2D eigenvalue weighted by Crippen LogP contribution is 2.26. The van der Waals surface area contributed by atoms with E-state index in [4.69, 9.17) is 11.6 Å². The van der Waals surface area contributed by atoms with Gasteiger partial charge >= 0.3 is 0 Å². The summed E-state index contributed by atoms with van der Waals surface area (Å²) in [4.78, 5) is 3.35. The summed E-state index contributed by atoms with van der Waals surface area (Å²) in [5.41, 5.74) is -0.763. The van der Waals surface area contributed by atoms with Crippen LogP contribution in [0.5, 0.6) is 0 Å². The number of pyridine rings is 1. The normalized spacial score (nSPS) is 10.9. The Labute approximate surface area is 86.0 Å². The van der Waals surface area contributed by atoms with Gasteiger partial charge in [-0.3, -0.25) is 0 Å². The molecule has 0 saturated carbocycles. The first-order valence-corrected chi connectivity index (χ1v) is 4.75. The summed E-state index contributed by atoms with van der Waals surface area (Å²) < 4.78 is 37.5. The number of hydrogen-bond donors (Lipinski definition) is 0. The number of aromatic nitrogens is 1. The standard InChI is InChI=1S/C7H4BrClF3N/c8-2-3-4(10)1-5(9)13-6(3)7(11)12/h1,7H,2H2. The molecule has 1 aromatic heterocycles. The summed E-state index contributed by atoms with van der Waals surface area (Å²) in [6.07, 6.45) is -2.82. The van der Waals surface area contributed by atoms with Crippen molar-refractivity contribution >= 4 is 27.5 Å². The SMILES string of the molecule is Fc1cc(Cl)nc(C(F)F)c1CBr. The molecule has 1 rings (SSSR count). The topological polar surface area (TPSA) is 12.9 Å². The van der Waals surface area contributed by atoms with Crippen molar-refractivity contribution in [2.45, 2.75) is 11.8 Å². The fourth-order valence-corrected chi connectivity index (χ4v) is 1.58. The molecule has 0 aliphatic rings. The second-order valence-electron chi connectivity index (χ2n) is 2.22. The molecule has 72 valence electrons. The van der Waals surface area contributed by atoms with Gasteiger partial charge in [-0.1, -0.05) is 27.5 Å². The molecule has 0 fully saturated rings. The van der Waals surface area contributed by atoms with Crippen molar-refractivity contribution in [1.82, 2.24) is 4.98 Å². The van der Waals surface area contributed by atoms with Gasteiger partial charge in [0.2, 0.25) is 0 Å². The minimum Gasteiger partial charge on any atom is -0.235 e. The molecule has 0 amide bonds. The molecule has 1 heterocycles. The van der Waals surface area contributed by atoms with E-state index in [2.05, 4.69) is 20.9 Å². The fourth-order valence-electron chi connectivity index (χ4n) is 0.842. The Kier molecular flexibility index (Phi) is 3.55. The maximum Gasteiger partial charge on any atom is 0.280 e. The molecule has 0 radical (unpaired) electrons. The van der Waals surface area contributed by atoms with E-state index in [-0.39, 0.29) is 16.0 Å². The molecule has 0 aliphatic carbocycles. The predicted molar refractivity (Wildman–Crippen MR) is 46.8 cm³/mol. The highest BCUT2D eigenvalue weighted by atomic mass is 79.9. The lowest BCUT2D eigenvalue weighted by molar-refractivity contribution is 0.144. The van der Waals surface area contributed by atoms with Crippen LogP contribution in [0.1, 0.15) is 17.7 Å². The average Bonchev–Trinajstić information content (AvgIpc) is 2.02. The van der Waals surface area contributed by atoms with Crippen LogP contribution in [0, 0.1) is 5.82 Å². The zero-order valence-corrected chi connectivity index (χ0v) is 8.54. The number of halogens is 5. The van der Waals surface area contributed by atoms with Crippen LogP contribution in [-0.4, -0.2) is 4.98 Å². The predicted octanol–water partition coefficient (Wildman–Crippen LogP) is 3.71. The molecule has 0 unspecified atom stereocenters. The van der Waals surface area contributed by atoms with E-state index in [1.807, 2.05) is 0 Å². The van der Waals surface area contributed by atoms with E-state index in [1.165, 1.54) is 0 Å². The molecule has 0 N–H and O–H groups in total. The highest BCUT2D eigenvalue weighted by molar-refractivity contribution is 9.08. The highest BCUT2D eigenvalue weighted by Gasteiger charge is 2.18. The van der Waals surface area contributed by atoms with Gasteiger partial charge in [-0.25, -0.2) is 18.2 Å². The second kappa shape index (κ2) is 4.28. The lowest BCUT2D eigenvalue weighted by Crippen LogP contribution is -2.00. The first-order chi connectivity index (χ1) is 6.06. The Morgan fingerprint density at radius 1 is 1.54 bits per heavy atom. The molecule has 0 aromatic carbocycles. The molecule has 6 heteroatoms. The minimum atomic E-state index is -2.82. The van der Waals surface area contributed by atoms with Gasteiger partial charge in [-0.15, -0.1) is 0 Å². The van der Waals surface area contributed by atoms with Crippen LogP contribution in [0.3, 0.4) is 0 Å². The van der Waals surface area contributed by atoms with Crippen LogP contribution < -0.4 is 0 Å². The first-order valence-electron chi connectivity index (χ1n) is 3.25. The van der Waals surface area contributed by atoms with Gasteiger partial charge < -0.3 is 0 Å². The summed E-state index contributed by atoms with van der Waals surface area (Å²) in [7, 11) is 0. The van der Waals surface area contributed by atoms with Gasteiger partial charge in [0.05, 0.1) is 0 Å². The Balaban J connectivity index is 3.29. The van der Waals surface area contributed by atoms with Crippen LogP contribution in [0.2, 0.25) is 5.15 Å². The van der Waals surface area contributed by atoms with E-state index in [0.29, 0.717) is 0 Å². The number of alkyl halides is 3. The van der Waals surface area contributed by atoms with Crippen LogP contribution in [0.15, 0.2) is 6.07 Å². The summed E-state index contributed by atoms with van der Waals surface area (Å²) in [6.45, 7) is 0. The van der Waals surface area contributed by atoms with Crippen molar-refractivity contribution in [1.29, 1.82) is 0 Å². The van der Waals surface area contributed by atoms with E-state index >= 15 is 0 Å². The fraction of sp³-hybridized carbons (Fsp3) is 0.286. The number of hydrogen-bond acceptors (Lipinski definition) is 1. The van der Waals surface area contributed by atoms with E-state index in [0.717, 1.165) is 6.07 Å². The van der Waals surface area contributed by atoms with Gasteiger partial charge in [0, 0.05) is 17.0 Å². The van der Waals surface area contributed by atoms with E-state index in [1.54, 1.807) is 0 Å². The third kappa shape index (κ3) is 2.34. The van der Waals surface area contributed by atoms with Crippen LogP contribution >= 0.6 is 27.5 Å². The van der Waals surface area contributed by atoms with E-state index in [9.17, 15) is 13.2 Å². The molecule has 0 bridgehead atoms. The molecule has 0 spiro atoms. The Bertz CT molecular complexity index is 319. The first kappa shape index (κ1) is 10.8. The second-order valence-corrected chi connectivity index (χ2v) is 3.17. The molecule has 1 aromatic rings. The Morgan fingerprint density at radius 3 is 2.62 bits per heavy atom. The van der Waals surface area contributed by atoms with Gasteiger partial charge in [0.1, 0.15) is 16.7 Å². The van der Waals surface area contributed by atoms with Crippen molar-refractivity contribution in [2.75, 3.05) is 0 Å². The lowest BCUT2D eigenvalue weighted by atomic mass is 10.2. The lowest BCUT2D eigenvalue weighted by Gasteiger charge is -2.06. The van der Waals surface area contributed by atoms with Gasteiger partial charge in [0.25, 0.3) is 6.43 Å². The zero-order chi connectivity index (χ0) is 10.0. The largest absolute Gasteiger partial charge is 0.280 e. The van der Waals surface area contributed by atoms with Crippen molar-refractivity contribution in [2.24, 2.45) is 0 Å². The smallest absolute Gasteiger partial charge is 0.235 e. The Hall–Kier alpha value is -0.290. The maximum atomic E-state index is 13.0. The third-order valence-electron chi connectivity index (χ3n) is 1.41.